The van der Waals surface area contributed by atoms with Crippen LogP contribution in [0.4, 0.5) is 0 Å². The minimum atomic E-state index is -1.63. The highest BCUT2D eigenvalue weighted by atomic mass is 28.4. The Labute approximate surface area is 82.1 Å². The largest absolute Gasteiger partial charge is 0.547 e. The maximum atomic E-state index is 10.8. The van der Waals surface area contributed by atoms with Gasteiger partial charge in [0.05, 0.1) is 5.76 Å². The fourth-order valence-corrected chi connectivity index (χ4v) is 1.97. The Kier molecular flexibility index (Phi) is 4.40. The van der Waals surface area contributed by atoms with Crippen LogP contribution in [0.25, 0.3) is 0 Å². The molecule has 2 nitrogen and oxygen atoms in total. The molecule has 0 unspecified atom stereocenters. The van der Waals surface area contributed by atoms with Crippen molar-refractivity contribution in [3.8, 4) is 0 Å². The maximum absolute atomic E-state index is 10.8. The zero-order chi connectivity index (χ0) is 10.6. The van der Waals surface area contributed by atoms with Gasteiger partial charge in [0.2, 0.25) is 8.32 Å². The van der Waals surface area contributed by atoms with Crippen molar-refractivity contribution in [2.24, 2.45) is 0 Å². The molecular formula is C10H20O2Si. The summed E-state index contributed by atoms with van der Waals surface area (Å²) in [5.74, 6) is 0.795. The highest BCUT2D eigenvalue weighted by Crippen LogP contribution is 2.23. The highest BCUT2D eigenvalue weighted by Gasteiger charge is 2.28. The van der Waals surface area contributed by atoms with Crippen molar-refractivity contribution in [1.82, 2.24) is 0 Å². The quantitative estimate of drug-likeness (QED) is 0.396. The van der Waals surface area contributed by atoms with Crippen molar-refractivity contribution < 1.29 is 9.22 Å². The second-order valence-corrected chi connectivity index (χ2v) is 8.79. The van der Waals surface area contributed by atoms with Crippen LogP contribution in [0, 0.1) is 0 Å². The van der Waals surface area contributed by atoms with Gasteiger partial charge in [0.1, 0.15) is 0 Å². The molecule has 0 bridgehead atoms. The smallest absolute Gasteiger partial charge is 0.247 e. The molecule has 3 heteroatoms. The highest BCUT2D eigenvalue weighted by molar-refractivity contribution is 6.72. The summed E-state index contributed by atoms with van der Waals surface area (Å²) in [6.45, 7) is 12.0. The van der Waals surface area contributed by atoms with Crippen molar-refractivity contribution in [3.63, 3.8) is 0 Å². The number of rotatable bonds is 4. The molecule has 0 rings (SSSR count). The second-order valence-electron chi connectivity index (χ2n) is 4.23. The molecule has 76 valence electrons. The Morgan fingerprint density at radius 1 is 1.31 bits per heavy atom. The molecule has 0 amide bonds. The van der Waals surface area contributed by atoms with E-state index in [1.165, 1.54) is 6.92 Å². The number of allylic oxidation sites excluding steroid dienone is 2. The molecule has 0 fully saturated rings. The topological polar surface area (TPSA) is 26.3 Å². The van der Waals surface area contributed by atoms with Gasteiger partial charge in [-0.2, -0.15) is 0 Å². The number of ketones is 1. The lowest BCUT2D eigenvalue weighted by molar-refractivity contribution is -0.112. The van der Waals surface area contributed by atoms with Crippen LogP contribution in [0.15, 0.2) is 11.8 Å². The van der Waals surface area contributed by atoms with Crippen LogP contribution >= 0.6 is 0 Å². The van der Waals surface area contributed by atoms with Crippen LogP contribution in [0.3, 0.4) is 0 Å². The summed E-state index contributed by atoms with van der Waals surface area (Å²) in [7, 11) is -1.63. The normalized spacial score (nSPS) is 13.3. The molecule has 0 heterocycles. The first-order chi connectivity index (χ1) is 5.75. The van der Waals surface area contributed by atoms with Crippen LogP contribution < -0.4 is 0 Å². The summed E-state index contributed by atoms with van der Waals surface area (Å²) in [5, 5.41) is 0. The predicted molar refractivity (Wildman–Crippen MR) is 58.1 cm³/mol. The SMILES string of the molecule is CC(=O)/C=C(/C)O[Si](C)(C)C(C)C. The third-order valence-corrected chi connectivity index (χ3v) is 5.85. The average Bonchev–Trinajstić information content (AvgIpc) is 1.82. The molecule has 0 aliphatic carbocycles. The van der Waals surface area contributed by atoms with E-state index < -0.39 is 8.32 Å². The van der Waals surface area contributed by atoms with Gasteiger partial charge in [-0.05, 0) is 32.5 Å². The standard InChI is InChI=1S/C10H20O2Si/c1-8(2)13(5,6)12-10(4)7-9(3)11/h7-8H,1-6H3/b10-7-. The Balaban J connectivity index is 4.36. The van der Waals surface area contributed by atoms with E-state index in [9.17, 15) is 4.79 Å². The first kappa shape index (κ1) is 12.4. The molecule has 0 spiro atoms. The lowest BCUT2D eigenvalue weighted by Gasteiger charge is -2.28. The third kappa shape index (κ3) is 4.88. The van der Waals surface area contributed by atoms with E-state index >= 15 is 0 Å². The van der Waals surface area contributed by atoms with Crippen LogP contribution in [0.5, 0.6) is 0 Å². The Bertz CT molecular complexity index is 217. The fourth-order valence-electron chi connectivity index (χ4n) is 0.848. The van der Waals surface area contributed by atoms with Gasteiger partial charge in [0.25, 0.3) is 0 Å². The van der Waals surface area contributed by atoms with Crippen LogP contribution in [-0.4, -0.2) is 14.1 Å². The van der Waals surface area contributed by atoms with Crippen LogP contribution in [0.1, 0.15) is 27.7 Å². The van der Waals surface area contributed by atoms with E-state index in [0.717, 1.165) is 5.76 Å². The van der Waals surface area contributed by atoms with Crippen molar-refractivity contribution in [2.75, 3.05) is 0 Å². The average molecular weight is 200 g/mol. The number of carbonyl (C=O) groups excluding carboxylic acids is 1. The monoisotopic (exact) mass is 200 g/mol. The van der Waals surface area contributed by atoms with E-state index in [4.69, 9.17) is 4.43 Å². The van der Waals surface area contributed by atoms with Gasteiger partial charge < -0.3 is 4.43 Å². The summed E-state index contributed by atoms with van der Waals surface area (Å²) in [4.78, 5) is 10.8. The minimum absolute atomic E-state index is 0.0473. The zero-order valence-corrected chi connectivity index (χ0v) is 10.5. The Hall–Kier alpha value is -0.573. The lowest BCUT2D eigenvalue weighted by atomic mass is 10.4. The Morgan fingerprint density at radius 2 is 1.77 bits per heavy atom. The van der Waals surface area contributed by atoms with Gasteiger partial charge in [-0.15, -0.1) is 0 Å². The first-order valence-electron chi connectivity index (χ1n) is 4.63. The molecule has 0 aromatic carbocycles. The molecule has 0 aliphatic heterocycles. The van der Waals surface area contributed by atoms with Crippen LogP contribution in [0.2, 0.25) is 18.6 Å². The van der Waals surface area contributed by atoms with Crippen molar-refractivity contribution in [1.29, 1.82) is 0 Å². The van der Waals surface area contributed by atoms with E-state index in [0.29, 0.717) is 5.54 Å². The van der Waals surface area contributed by atoms with Crippen molar-refractivity contribution >= 4 is 14.1 Å². The molecule has 0 aliphatic rings. The molecule has 13 heavy (non-hydrogen) atoms. The zero-order valence-electron chi connectivity index (χ0n) is 9.47. The predicted octanol–water partition coefficient (Wildman–Crippen LogP) is 3.11. The van der Waals surface area contributed by atoms with Crippen molar-refractivity contribution in [2.45, 2.75) is 46.3 Å². The molecule has 0 radical (unpaired) electrons. The van der Waals surface area contributed by atoms with Gasteiger partial charge in [0, 0.05) is 6.08 Å². The number of hydrogen-bond acceptors (Lipinski definition) is 2. The van der Waals surface area contributed by atoms with E-state index in [2.05, 4.69) is 26.9 Å². The summed E-state index contributed by atoms with van der Waals surface area (Å²) in [6, 6.07) is 0. The first-order valence-corrected chi connectivity index (χ1v) is 7.62. The summed E-state index contributed by atoms with van der Waals surface area (Å²) >= 11 is 0. The Morgan fingerprint density at radius 3 is 2.08 bits per heavy atom. The maximum Gasteiger partial charge on any atom is 0.247 e. The second kappa shape index (κ2) is 4.60. The molecule has 0 atom stereocenters. The molecule has 0 saturated carbocycles. The summed E-state index contributed by atoms with van der Waals surface area (Å²) in [5.41, 5.74) is 0.558. The van der Waals surface area contributed by atoms with Gasteiger partial charge in [0.15, 0.2) is 5.78 Å². The van der Waals surface area contributed by atoms with Gasteiger partial charge in [-0.3, -0.25) is 4.79 Å². The lowest BCUT2D eigenvalue weighted by Crippen LogP contribution is -2.33. The fraction of sp³-hybridized carbons (Fsp3) is 0.700. The van der Waals surface area contributed by atoms with Gasteiger partial charge >= 0.3 is 0 Å². The number of hydrogen-bond donors (Lipinski definition) is 0. The van der Waals surface area contributed by atoms with Gasteiger partial charge in [-0.1, -0.05) is 13.8 Å². The molecular weight excluding hydrogens is 180 g/mol. The van der Waals surface area contributed by atoms with E-state index in [1.807, 2.05) is 6.92 Å². The minimum Gasteiger partial charge on any atom is -0.547 e. The molecule has 0 saturated heterocycles. The molecule has 0 aromatic heterocycles. The van der Waals surface area contributed by atoms with Gasteiger partial charge in [-0.25, -0.2) is 0 Å². The van der Waals surface area contributed by atoms with Crippen molar-refractivity contribution in [3.05, 3.63) is 11.8 Å². The van der Waals surface area contributed by atoms with E-state index in [-0.39, 0.29) is 5.78 Å². The number of carbonyl (C=O) groups is 1. The van der Waals surface area contributed by atoms with Crippen LogP contribution in [-0.2, 0) is 9.22 Å². The molecule has 0 N–H and O–H groups in total. The summed E-state index contributed by atoms with van der Waals surface area (Å²) in [6.07, 6.45) is 1.55. The summed E-state index contributed by atoms with van der Waals surface area (Å²) < 4.78 is 5.79. The third-order valence-electron chi connectivity index (χ3n) is 2.22. The van der Waals surface area contributed by atoms with E-state index in [1.54, 1.807) is 6.08 Å². The molecule has 0 aromatic rings.